The maximum Gasteiger partial charge on any atom is 0.0247 e. The Kier molecular flexibility index (Phi) is 3.63. The standard InChI is InChI=1S/C10H11I/c1-2-3-9-4-6-10(8-11)7-5-9/h2,4-7H,1,3,8H2. The highest BCUT2D eigenvalue weighted by atomic mass is 127. The van der Waals surface area contributed by atoms with Gasteiger partial charge in [0.05, 0.1) is 0 Å². The van der Waals surface area contributed by atoms with Crippen LogP contribution >= 0.6 is 22.6 Å². The van der Waals surface area contributed by atoms with Gasteiger partial charge in [-0.05, 0) is 17.5 Å². The molecule has 1 aromatic carbocycles. The van der Waals surface area contributed by atoms with Crippen LogP contribution in [0.1, 0.15) is 11.1 Å². The molecule has 0 aliphatic rings. The van der Waals surface area contributed by atoms with Gasteiger partial charge in [-0.2, -0.15) is 0 Å². The van der Waals surface area contributed by atoms with E-state index >= 15 is 0 Å². The summed E-state index contributed by atoms with van der Waals surface area (Å²) >= 11 is 2.37. The summed E-state index contributed by atoms with van der Waals surface area (Å²) in [5, 5.41) is 0. The zero-order valence-corrected chi connectivity index (χ0v) is 8.54. The molecule has 0 aromatic heterocycles. The maximum absolute atomic E-state index is 3.70. The van der Waals surface area contributed by atoms with E-state index in [9.17, 15) is 0 Å². The Morgan fingerprint density at radius 2 is 1.73 bits per heavy atom. The molecule has 0 unspecified atom stereocenters. The Labute approximate surface area is 81.5 Å². The Hall–Kier alpha value is -0.310. The molecule has 0 aliphatic carbocycles. The summed E-state index contributed by atoms with van der Waals surface area (Å²) in [6.45, 7) is 3.70. The first kappa shape index (κ1) is 8.78. The Morgan fingerprint density at radius 3 is 2.18 bits per heavy atom. The van der Waals surface area contributed by atoms with Gasteiger partial charge in [0.15, 0.2) is 0 Å². The topological polar surface area (TPSA) is 0 Å². The molecular formula is C10H11I. The van der Waals surface area contributed by atoms with Gasteiger partial charge in [0.25, 0.3) is 0 Å². The molecule has 0 spiro atoms. The van der Waals surface area contributed by atoms with E-state index in [1.807, 2.05) is 6.08 Å². The first-order valence-corrected chi connectivity index (χ1v) is 5.14. The van der Waals surface area contributed by atoms with Crippen molar-refractivity contribution in [2.24, 2.45) is 0 Å². The van der Waals surface area contributed by atoms with Crippen molar-refractivity contribution in [2.45, 2.75) is 10.8 Å². The minimum atomic E-state index is 0.974. The molecule has 0 N–H and O–H groups in total. The molecule has 0 bridgehead atoms. The fraction of sp³-hybridized carbons (Fsp3) is 0.200. The summed E-state index contributed by atoms with van der Waals surface area (Å²) in [6.07, 6.45) is 2.90. The van der Waals surface area contributed by atoms with Crippen molar-refractivity contribution in [1.29, 1.82) is 0 Å². The fourth-order valence-corrected chi connectivity index (χ4v) is 1.44. The monoisotopic (exact) mass is 258 g/mol. The third-order valence-electron chi connectivity index (χ3n) is 1.56. The number of hydrogen-bond acceptors (Lipinski definition) is 0. The first-order valence-electron chi connectivity index (χ1n) is 3.61. The number of hydrogen-bond donors (Lipinski definition) is 0. The number of rotatable bonds is 3. The smallest absolute Gasteiger partial charge is 0.0247 e. The van der Waals surface area contributed by atoms with Crippen molar-refractivity contribution in [1.82, 2.24) is 0 Å². The predicted octanol–water partition coefficient (Wildman–Crippen LogP) is 3.35. The van der Waals surface area contributed by atoms with Crippen molar-refractivity contribution in [3.8, 4) is 0 Å². The van der Waals surface area contributed by atoms with Crippen molar-refractivity contribution in [3.05, 3.63) is 48.0 Å². The second-order valence-electron chi connectivity index (χ2n) is 2.44. The van der Waals surface area contributed by atoms with Gasteiger partial charge in [-0.3, -0.25) is 0 Å². The van der Waals surface area contributed by atoms with Gasteiger partial charge in [0.2, 0.25) is 0 Å². The van der Waals surface area contributed by atoms with E-state index in [1.165, 1.54) is 11.1 Å². The normalized spacial score (nSPS) is 9.55. The average molecular weight is 258 g/mol. The molecule has 1 aromatic rings. The SMILES string of the molecule is C=CCc1ccc(CI)cc1. The van der Waals surface area contributed by atoms with Crippen LogP contribution in [0.5, 0.6) is 0 Å². The van der Waals surface area contributed by atoms with E-state index in [0.29, 0.717) is 0 Å². The van der Waals surface area contributed by atoms with Gasteiger partial charge >= 0.3 is 0 Å². The van der Waals surface area contributed by atoms with Gasteiger partial charge in [0.1, 0.15) is 0 Å². The van der Waals surface area contributed by atoms with E-state index in [0.717, 1.165) is 10.8 Å². The lowest BCUT2D eigenvalue weighted by Crippen LogP contribution is -1.81. The van der Waals surface area contributed by atoms with Crippen LogP contribution in [0.15, 0.2) is 36.9 Å². The molecule has 58 valence electrons. The van der Waals surface area contributed by atoms with Crippen LogP contribution in [0.4, 0.5) is 0 Å². The lowest BCUT2D eigenvalue weighted by Gasteiger charge is -1.97. The minimum absolute atomic E-state index is 0.974. The van der Waals surface area contributed by atoms with E-state index in [2.05, 4.69) is 53.4 Å². The van der Waals surface area contributed by atoms with Crippen LogP contribution in [-0.4, -0.2) is 0 Å². The summed E-state index contributed by atoms with van der Waals surface area (Å²) in [4.78, 5) is 0. The quantitative estimate of drug-likeness (QED) is 0.443. The molecule has 0 aliphatic heterocycles. The minimum Gasteiger partial charge on any atom is -0.103 e. The molecular weight excluding hydrogens is 247 g/mol. The largest absolute Gasteiger partial charge is 0.103 e. The van der Waals surface area contributed by atoms with Gasteiger partial charge in [-0.15, -0.1) is 6.58 Å². The molecule has 1 rings (SSSR count). The molecule has 0 nitrogen and oxygen atoms in total. The van der Waals surface area contributed by atoms with E-state index in [-0.39, 0.29) is 0 Å². The fourth-order valence-electron chi connectivity index (χ4n) is 0.931. The Morgan fingerprint density at radius 1 is 1.18 bits per heavy atom. The lowest BCUT2D eigenvalue weighted by molar-refractivity contribution is 1.26. The molecule has 0 atom stereocenters. The van der Waals surface area contributed by atoms with Gasteiger partial charge in [0, 0.05) is 4.43 Å². The molecule has 1 heteroatoms. The average Bonchev–Trinajstić information content (AvgIpc) is 2.07. The molecule has 11 heavy (non-hydrogen) atoms. The van der Waals surface area contributed by atoms with Crippen LogP contribution in [-0.2, 0) is 10.8 Å². The second-order valence-corrected chi connectivity index (χ2v) is 3.21. The van der Waals surface area contributed by atoms with Crippen molar-refractivity contribution in [2.75, 3.05) is 0 Å². The van der Waals surface area contributed by atoms with Crippen molar-refractivity contribution in [3.63, 3.8) is 0 Å². The Balaban J connectivity index is 2.74. The highest BCUT2D eigenvalue weighted by Gasteiger charge is 1.89. The van der Waals surface area contributed by atoms with Crippen LogP contribution in [0.2, 0.25) is 0 Å². The van der Waals surface area contributed by atoms with Gasteiger partial charge in [-0.1, -0.05) is 52.9 Å². The van der Waals surface area contributed by atoms with E-state index < -0.39 is 0 Å². The van der Waals surface area contributed by atoms with Crippen molar-refractivity contribution >= 4 is 22.6 Å². The Bertz CT molecular complexity index is 223. The lowest BCUT2D eigenvalue weighted by atomic mass is 10.1. The highest BCUT2D eigenvalue weighted by Crippen LogP contribution is 2.08. The van der Waals surface area contributed by atoms with Crippen LogP contribution in [0.3, 0.4) is 0 Å². The summed E-state index contributed by atoms with van der Waals surface area (Å²) in [7, 11) is 0. The van der Waals surface area contributed by atoms with Crippen molar-refractivity contribution < 1.29 is 0 Å². The van der Waals surface area contributed by atoms with E-state index in [1.54, 1.807) is 0 Å². The van der Waals surface area contributed by atoms with Gasteiger partial charge in [-0.25, -0.2) is 0 Å². The second kappa shape index (κ2) is 4.54. The summed E-state index contributed by atoms with van der Waals surface area (Å²) in [6, 6.07) is 8.67. The first-order chi connectivity index (χ1) is 5.36. The number of halogens is 1. The maximum atomic E-state index is 3.70. The molecule has 0 heterocycles. The predicted molar refractivity (Wildman–Crippen MR) is 58.1 cm³/mol. The molecule has 0 saturated carbocycles. The zero-order valence-electron chi connectivity index (χ0n) is 6.39. The summed E-state index contributed by atoms with van der Waals surface area (Å²) in [5.74, 6) is 0. The zero-order chi connectivity index (χ0) is 8.10. The molecule has 0 radical (unpaired) electrons. The highest BCUT2D eigenvalue weighted by molar-refractivity contribution is 14.1. The molecule has 0 saturated heterocycles. The van der Waals surface area contributed by atoms with Crippen LogP contribution < -0.4 is 0 Å². The molecule has 0 fully saturated rings. The number of alkyl halides is 1. The van der Waals surface area contributed by atoms with Crippen LogP contribution in [0.25, 0.3) is 0 Å². The van der Waals surface area contributed by atoms with Crippen LogP contribution in [0, 0.1) is 0 Å². The number of benzene rings is 1. The third kappa shape index (κ3) is 2.66. The number of allylic oxidation sites excluding steroid dienone is 1. The summed E-state index contributed by atoms with van der Waals surface area (Å²) in [5.41, 5.74) is 2.73. The molecule has 0 amide bonds. The third-order valence-corrected chi connectivity index (χ3v) is 2.44. The van der Waals surface area contributed by atoms with Gasteiger partial charge < -0.3 is 0 Å². The summed E-state index contributed by atoms with van der Waals surface area (Å²) < 4.78 is 1.09. The van der Waals surface area contributed by atoms with E-state index in [4.69, 9.17) is 0 Å².